The van der Waals surface area contributed by atoms with Gasteiger partial charge in [0, 0.05) is 18.8 Å². The number of likely N-dealkylation sites (tertiary alicyclic amines) is 1. The summed E-state index contributed by atoms with van der Waals surface area (Å²) < 4.78 is 27.2. The number of sulfonamides is 1. The topological polar surface area (TPSA) is 100 Å². The zero-order valence-electron chi connectivity index (χ0n) is 12.2. The fourth-order valence-corrected chi connectivity index (χ4v) is 3.70. The van der Waals surface area contributed by atoms with E-state index < -0.39 is 10.0 Å². The van der Waals surface area contributed by atoms with Crippen molar-refractivity contribution in [3.63, 3.8) is 0 Å². The van der Waals surface area contributed by atoms with Gasteiger partial charge in [-0.05, 0) is 45.0 Å². The van der Waals surface area contributed by atoms with Crippen molar-refractivity contribution in [2.45, 2.75) is 37.1 Å². The zero-order chi connectivity index (χ0) is 15.3. The molecule has 0 amide bonds. The van der Waals surface area contributed by atoms with Gasteiger partial charge in [-0.25, -0.2) is 24.0 Å². The van der Waals surface area contributed by atoms with Crippen molar-refractivity contribution < 1.29 is 8.42 Å². The van der Waals surface area contributed by atoms with Gasteiger partial charge in [0.1, 0.15) is 10.7 Å². The highest BCUT2D eigenvalue weighted by molar-refractivity contribution is 7.89. The third-order valence-corrected chi connectivity index (χ3v) is 5.11. The molecule has 1 saturated heterocycles. The first-order valence-electron chi connectivity index (χ1n) is 7.18. The van der Waals surface area contributed by atoms with Crippen LogP contribution in [0.1, 0.15) is 26.2 Å². The Morgan fingerprint density at radius 2 is 2.05 bits per heavy atom. The zero-order valence-corrected chi connectivity index (χ0v) is 13.1. The van der Waals surface area contributed by atoms with Crippen molar-refractivity contribution in [1.29, 1.82) is 0 Å². The highest BCUT2D eigenvalue weighted by Gasteiger charge is 2.20. The number of aromatic nitrogens is 1. The molecule has 4 N–H and O–H groups in total. The van der Waals surface area contributed by atoms with Crippen molar-refractivity contribution in [2.24, 2.45) is 5.84 Å². The van der Waals surface area contributed by atoms with E-state index in [1.807, 2.05) is 6.92 Å². The second-order valence-corrected chi connectivity index (χ2v) is 7.12. The molecular formula is C13H23N5O2S. The van der Waals surface area contributed by atoms with Crippen LogP contribution >= 0.6 is 0 Å². The lowest BCUT2D eigenvalue weighted by Gasteiger charge is -2.29. The van der Waals surface area contributed by atoms with E-state index >= 15 is 0 Å². The Kier molecular flexibility index (Phi) is 5.51. The van der Waals surface area contributed by atoms with E-state index in [0.29, 0.717) is 5.82 Å². The van der Waals surface area contributed by atoms with Crippen LogP contribution in [0, 0.1) is 0 Å². The van der Waals surface area contributed by atoms with Gasteiger partial charge in [0.05, 0.1) is 0 Å². The SMILES string of the molecule is CC(CN1CCCCC1)NS(=O)(=O)c1ccc(NN)nc1. The van der Waals surface area contributed by atoms with Crippen LogP contribution in [0.3, 0.4) is 0 Å². The van der Waals surface area contributed by atoms with Gasteiger partial charge < -0.3 is 10.3 Å². The number of hydrazine groups is 1. The summed E-state index contributed by atoms with van der Waals surface area (Å²) >= 11 is 0. The predicted molar refractivity (Wildman–Crippen MR) is 82.1 cm³/mol. The van der Waals surface area contributed by atoms with Crippen molar-refractivity contribution in [2.75, 3.05) is 25.1 Å². The Labute approximate surface area is 125 Å². The van der Waals surface area contributed by atoms with Gasteiger partial charge in [-0.3, -0.25) is 0 Å². The molecule has 8 heteroatoms. The predicted octanol–water partition coefficient (Wildman–Crippen LogP) is 0.520. The number of rotatable bonds is 6. The molecule has 0 aromatic carbocycles. The molecule has 0 saturated carbocycles. The van der Waals surface area contributed by atoms with Gasteiger partial charge in [0.2, 0.25) is 10.0 Å². The standard InChI is InChI=1S/C13H23N5O2S/c1-11(10-18-7-3-2-4-8-18)17-21(19,20)12-5-6-13(16-14)15-9-12/h5-6,9,11,17H,2-4,7-8,10,14H2,1H3,(H,15,16). The number of nitrogens with zero attached hydrogens (tertiary/aromatic N) is 2. The maximum Gasteiger partial charge on any atom is 0.242 e. The molecule has 2 heterocycles. The summed E-state index contributed by atoms with van der Waals surface area (Å²) in [5.74, 6) is 5.64. The first kappa shape index (κ1) is 16.2. The molecule has 1 aliphatic heterocycles. The number of nitrogens with one attached hydrogen (secondary N) is 2. The molecule has 1 unspecified atom stereocenters. The van der Waals surface area contributed by atoms with Crippen LogP contribution in [0.5, 0.6) is 0 Å². The molecule has 21 heavy (non-hydrogen) atoms. The van der Waals surface area contributed by atoms with Gasteiger partial charge in [-0.1, -0.05) is 6.42 Å². The highest BCUT2D eigenvalue weighted by Crippen LogP contribution is 2.12. The average molecular weight is 313 g/mol. The number of nitrogens with two attached hydrogens (primary N) is 1. The fraction of sp³-hybridized carbons (Fsp3) is 0.615. The van der Waals surface area contributed by atoms with Crippen molar-refractivity contribution in [3.05, 3.63) is 18.3 Å². The van der Waals surface area contributed by atoms with E-state index in [0.717, 1.165) is 19.6 Å². The lowest BCUT2D eigenvalue weighted by molar-refractivity contribution is 0.215. The number of hydrogen-bond donors (Lipinski definition) is 3. The molecule has 2 rings (SSSR count). The lowest BCUT2D eigenvalue weighted by atomic mass is 10.1. The van der Waals surface area contributed by atoms with Crippen LogP contribution in [0.15, 0.2) is 23.2 Å². The molecule has 1 atom stereocenters. The second-order valence-electron chi connectivity index (χ2n) is 5.41. The van der Waals surface area contributed by atoms with Crippen LogP contribution in [-0.2, 0) is 10.0 Å². The summed E-state index contributed by atoms with van der Waals surface area (Å²) in [6.45, 7) is 4.71. The molecule has 118 valence electrons. The van der Waals surface area contributed by atoms with Gasteiger partial charge >= 0.3 is 0 Å². The van der Waals surface area contributed by atoms with Crippen LogP contribution < -0.4 is 16.0 Å². The van der Waals surface area contributed by atoms with Crippen LogP contribution in [0.4, 0.5) is 5.82 Å². The quantitative estimate of drug-likeness (QED) is 0.523. The fourth-order valence-electron chi connectivity index (χ4n) is 2.52. The molecule has 0 bridgehead atoms. The third kappa shape index (κ3) is 4.63. The highest BCUT2D eigenvalue weighted by atomic mass is 32.2. The number of anilines is 1. The second kappa shape index (κ2) is 7.17. The van der Waals surface area contributed by atoms with Crippen LogP contribution in [0.2, 0.25) is 0 Å². The summed E-state index contributed by atoms with van der Waals surface area (Å²) in [4.78, 5) is 6.37. The summed E-state index contributed by atoms with van der Waals surface area (Å²) in [5.41, 5.74) is 2.37. The van der Waals surface area contributed by atoms with Crippen LogP contribution in [0.25, 0.3) is 0 Å². The van der Waals surface area contributed by atoms with Gasteiger partial charge in [0.15, 0.2) is 0 Å². The Morgan fingerprint density at radius 3 is 2.62 bits per heavy atom. The van der Waals surface area contributed by atoms with E-state index in [2.05, 4.69) is 20.0 Å². The number of nitrogen functional groups attached to an aromatic ring is 1. The molecule has 7 nitrogen and oxygen atoms in total. The lowest BCUT2D eigenvalue weighted by Crippen LogP contribution is -2.43. The molecule has 1 aliphatic rings. The summed E-state index contributed by atoms with van der Waals surface area (Å²) in [6.07, 6.45) is 4.95. The van der Waals surface area contributed by atoms with E-state index in [-0.39, 0.29) is 10.9 Å². The minimum absolute atomic E-state index is 0.139. The maximum atomic E-state index is 12.3. The molecule has 0 spiro atoms. The Balaban J connectivity index is 1.95. The average Bonchev–Trinajstić information content (AvgIpc) is 2.47. The normalized spacial score (nSPS) is 18.4. The number of piperidine rings is 1. The van der Waals surface area contributed by atoms with E-state index in [1.165, 1.54) is 37.6 Å². The third-order valence-electron chi connectivity index (χ3n) is 3.53. The van der Waals surface area contributed by atoms with Gasteiger partial charge in [0.25, 0.3) is 0 Å². The Hall–Kier alpha value is -1.22. The molecule has 0 radical (unpaired) electrons. The minimum atomic E-state index is -3.54. The Morgan fingerprint density at radius 1 is 1.33 bits per heavy atom. The van der Waals surface area contributed by atoms with Gasteiger partial charge in [-0.15, -0.1) is 0 Å². The summed E-state index contributed by atoms with van der Waals surface area (Å²) in [5, 5.41) is 0. The first-order valence-corrected chi connectivity index (χ1v) is 8.67. The van der Waals surface area contributed by atoms with Crippen LogP contribution in [-0.4, -0.2) is 44.0 Å². The molecule has 1 fully saturated rings. The van der Waals surface area contributed by atoms with E-state index in [4.69, 9.17) is 5.84 Å². The molecule has 1 aromatic heterocycles. The number of hydrogen-bond acceptors (Lipinski definition) is 6. The van der Waals surface area contributed by atoms with E-state index in [1.54, 1.807) is 0 Å². The van der Waals surface area contributed by atoms with Gasteiger partial charge in [-0.2, -0.15) is 0 Å². The first-order chi connectivity index (χ1) is 10.0. The van der Waals surface area contributed by atoms with Crippen molar-refractivity contribution in [3.8, 4) is 0 Å². The molecule has 0 aliphatic carbocycles. The Bertz CT molecular complexity index is 540. The van der Waals surface area contributed by atoms with Crippen molar-refractivity contribution >= 4 is 15.8 Å². The number of pyridine rings is 1. The minimum Gasteiger partial charge on any atom is -0.308 e. The monoisotopic (exact) mass is 313 g/mol. The van der Waals surface area contributed by atoms with Crippen molar-refractivity contribution in [1.82, 2.24) is 14.6 Å². The summed E-state index contributed by atoms with van der Waals surface area (Å²) in [6, 6.07) is 2.88. The smallest absolute Gasteiger partial charge is 0.242 e. The molecular weight excluding hydrogens is 290 g/mol. The molecule has 1 aromatic rings. The maximum absolute atomic E-state index is 12.3. The van der Waals surface area contributed by atoms with E-state index in [9.17, 15) is 8.42 Å². The largest absolute Gasteiger partial charge is 0.308 e. The summed E-state index contributed by atoms with van der Waals surface area (Å²) in [7, 11) is -3.54.